The highest BCUT2D eigenvalue weighted by Crippen LogP contribution is 2.27. The minimum Gasteiger partial charge on any atom is -0.482 e. The molecule has 2 N–H and O–H groups in total. The van der Waals surface area contributed by atoms with Crippen molar-refractivity contribution in [2.24, 2.45) is 0 Å². The largest absolute Gasteiger partial charge is 0.482 e. The number of nitrogens with zero attached hydrogens (tertiary/aromatic N) is 1. The van der Waals surface area contributed by atoms with Crippen molar-refractivity contribution in [1.82, 2.24) is 4.98 Å². The first-order valence-corrected chi connectivity index (χ1v) is 9.09. The van der Waals surface area contributed by atoms with Gasteiger partial charge >= 0.3 is 5.97 Å². The fourth-order valence-corrected chi connectivity index (χ4v) is 3.10. The molecule has 6 nitrogen and oxygen atoms in total. The van der Waals surface area contributed by atoms with Crippen molar-refractivity contribution in [1.29, 1.82) is 0 Å². The number of carboxylic acids is 1. The molecule has 7 heteroatoms. The standard InChI is InChI=1S/C20H18N2O4S/c1-12-3-4-15(9-13(12)2)19(25)22-20-21-17(11-27-20)14-5-7-16(8-6-14)26-10-18(23)24/h3-9,11H,10H2,1-2H3,(H,23,24)(H,21,22,25). The maximum Gasteiger partial charge on any atom is 0.341 e. The zero-order valence-corrected chi connectivity index (χ0v) is 15.7. The van der Waals surface area contributed by atoms with Gasteiger partial charge in [0, 0.05) is 16.5 Å². The topological polar surface area (TPSA) is 88.5 Å². The lowest BCUT2D eigenvalue weighted by atomic mass is 10.1. The lowest BCUT2D eigenvalue weighted by Crippen LogP contribution is -2.12. The van der Waals surface area contributed by atoms with E-state index < -0.39 is 5.97 Å². The van der Waals surface area contributed by atoms with Crippen molar-refractivity contribution in [2.45, 2.75) is 13.8 Å². The van der Waals surface area contributed by atoms with Crippen LogP contribution in [0.2, 0.25) is 0 Å². The Bertz CT molecular complexity index is 980. The molecular formula is C20H18N2O4S. The van der Waals surface area contributed by atoms with Crippen LogP contribution in [0.4, 0.5) is 5.13 Å². The highest BCUT2D eigenvalue weighted by atomic mass is 32.1. The van der Waals surface area contributed by atoms with Gasteiger partial charge in [-0.2, -0.15) is 0 Å². The van der Waals surface area contributed by atoms with Gasteiger partial charge in [0.15, 0.2) is 11.7 Å². The molecule has 0 bridgehead atoms. The maximum absolute atomic E-state index is 12.4. The molecule has 0 aliphatic rings. The molecule has 0 radical (unpaired) electrons. The van der Waals surface area contributed by atoms with Crippen LogP contribution in [0.3, 0.4) is 0 Å². The summed E-state index contributed by atoms with van der Waals surface area (Å²) in [4.78, 5) is 27.3. The summed E-state index contributed by atoms with van der Waals surface area (Å²) in [5, 5.41) is 13.8. The number of amides is 1. The average Bonchev–Trinajstić information content (AvgIpc) is 3.11. The van der Waals surface area contributed by atoms with Crippen LogP contribution in [-0.4, -0.2) is 28.6 Å². The van der Waals surface area contributed by atoms with Crippen LogP contribution in [-0.2, 0) is 4.79 Å². The third-order valence-electron chi connectivity index (χ3n) is 4.01. The molecule has 0 saturated heterocycles. The second-order valence-corrected chi connectivity index (χ2v) is 6.86. The summed E-state index contributed by atoms with van der Waals surface area (Å²) in [5.74, 6) is -0.751. The lowest BCUT2D eigenvalue weighted by molar-refractivity contribution is -0.139. The van der Waals surface area contributed by atoms with Crippen LogP contribution in [0.1, 0.15) is 21.5 Å². The molecule has 1 aromatic heterocycles. The van der Waals surface area contributed by atoms with Crippen molar-refractivity contribution in [3.05, 3.63) is 64.5 Å². The van der Waals surface area contributed by atoms with E-state index in [4.69, 9.17) is 9.84 Å². The number of benzene rings is 2. The maximum atomic E-state index is 12.4. The van der Waals surface area contributed by atoms with Gasteiger partial charge in [0.05, 0.1) is 5.69 Å². The first-order valence-electron chi connectivity index (χ1n) is 8.21. The number of carbonyl (C=O) groups excluding carboxylic acids is 1. The van der Waals surface area contributed by atoms with E-state index in [1.807, 2.05) is 31.4 Å². The molecule has 138 valence electrons. The Hall–Kier alpha value is -3.19. The summed E-state index contributed by atoms with van der Waals surface area (Å²) in [7, 11) is 0. The SMILES string of the molecule is Cc1ccc(C(=O)Nc2nc(-c3ccc(OCC(=O)O)cc3)cs2)cc1C. The van der Waals surface area contributed by atoms with Gasteiger partial charge in [-0.05, 0) is 61.4 Å². The number of aromatic nitrogens is 1. The summed E-state index contributed by atoms with van der Waals surface area (Å²) in [5.41, 5.74) is 4.36. The molecule has 3 aromatic rings. The van der Waals surface area contributed by atoms with Crippen molar-refractivity contribution in [2.75, 3.05) is 11.9 Å². The molecule has 1 amide bonds. The molecular weight excluding hydrogens is 364 g/mol. The lowest BCUT2D eigenvalue weighted by Gasteiger charge is -2.05. The molecule has 0 aliphatic heterocycles. The van der Waals surface area contributed by atoms with Gasteiger partial charge < -0.3 is 9.84 Å². The van der Waals surface area contributed by atoms with Gasteiger partial charge in [0.25, 0.3) is 5.91 Å². The van der Waals surface area contributed by atoms with Crippen LogP contribution in [0.5, 0.6) is 5.75 Å². The van der Waals surface area contributed by atoms with E-state index in [1.54, 1.807) is 30.3 Å². The average molecular weight is 382 g/mol. The summed E-state index contributed by atoms with van der Waals surface area (Å²) >= 11 is 1.34. The number of rotatable bonds is 6. The molecule has 27 heavy (non-hydrogen) atoms. The van der Waals surface area contributed by atoms with Gasteiger partial charge in [-0.25, -0.2) is 9.78 Å². The fourth-order valence-electron chi connectivity index (χ4n) is 2.38. The van der Waals surface area contributed by atoms with E-state index in [9.17, 15) is 9.59 Å². The van der Waals surface area contributed by atoms with E-state index in [-0.39, 0.29) is 12.5 Å². The predicted octanol–water partition coefficient (Wildman–Crippen LogP) is 4.14. The normalized spacial score (nSPS) is 10.4. The molecule has 0 aliphatic carbocycles. The second kappa shape index (κ2) is 8.01. The number of carboxylic acid groups (broad SMARTS) is 1. The van der Waals surface area contributed by atoms with Crippen molar-refractivity contribution in [3.63, 3.8) is 0 Å². The van der Waals surface area contributed by atoms with E-state index in [2.05, 4.69) is 10.3 Å². The van der Waals surface area contributed by atoms with Crippen LogP contribution in [0.15, 0.2) is 47.8 Å². The third kappa shape index (κ3) is 4.71. The van der Waals surface area contributed by atoms with Crippen molar-refractivity contribution < 1.29 is 19.4 Å². The minimum atomic E-state index is -1.03. The number of carbonyl (C=O) groups is 2. The quantitative estimate of drug-likeness (QED) is 0.669. The summed E-state index contributed by atoms with van der Waals surface area (Å²) in [6.07, 6.45) is 0. The second-order valence-electron chi connectivity index (χ2n) is 6.00. The van der Waals surface area contributed by atoms with Crippen molar-refractivity contribution in [3.8, 4) is 17.0 Å². The summed E-state index contributed by atoms with van der Waals surface area (Å²) < 4.78 is 5.11. The highest BCUT2D eigenvalue weighted by molar-refractivity contribution is 7.14. The zero-order valence-electron chi connectivity index (χ0n) is 14.9. The molecule has 0 unspecified atom stereocenters. The van der Waals surface area contributed by atoms with E-state index >= 15 is 0 Å². The first kappa shape index (κ1) is 18.6. The molecule has 0 atom stereocenters. The van der Waals surface area contributed by atoms with Gasteiger partial charge in [-0.1, -0.05) is 6.07 Å². The molecule has 1 heterocycles. The number of thiazole rings is 1. The smallest absolute Gasteiger partial charge is 0.341 e. The summed E-state index contributed by atoms with van der Waals surface area (Å²) in [6, 6.07) is 12.5. The Morgan fingerprint density at radius 1 is 1.11 bits per heavy atom. The number of aliphatic carboxylic acids is 1. The highest BCUT2D eigenvalue weighted by Gasteiger charge is 2.11. The number of anilines is 1. The monoisotopic (exact) mass is 382 g/mol. The van der Waals surface area contributed by atoms with Gasteiger partial charge in [-0.3, -0.25) is 10.1 Å². The fraction of sp³-hybridized carbons (Fsp3) is 0.150. The Kier molecular flexibility index (Phi) is 5.52. The van der Waals surface area contributed by atoms with E-state index in [0.29, 0.717) is 16.4 Å². The number of hydrogen-bond acceptors (Lipinski definition) is 5. The minimum absolute atomic E-state index is 0.198. The molecule has 0 saturated carbocycles. The van der Waals surface area contributed by atoms with E-state index in [0.717, 1.165) is 22.4 Å². The van der Waals surface area contributed by atoms with Gasteiger partial charge in [0.1, 0.15) is 5.75 Å². The molecule has 0 fully saturated rings. The van der Waals surface area contributed by atoms with Gasteiger partial charge in [-0.15, -0.1) is 11.3 Å². The molecule has 2 aromatic carbocycles. The van der Waals surface area contributed by atoms with Crippen LogP contribution in [0.25, 0.3) is 11.3 Å². The molecule has 3 rings (SSSR count). The Morgan fingerprint density at radius 3 is 2.52 bits per heavy atom. The van der Waals surface area contributed by atoms with Crippen LogP contribution in [0, 0.1) is 13.8 Å². The van der Waals surface area contributed by atoms with Crippen LogP contribution < -0.4 is 10.1 Å². The molecule has 0 spiro atoms. The van der Waals surface area contributed by atoms with Crippen molar-refractivity contribution >= 4 is 28.3 Å². The van der Waals surface area contributed by atoms with Gasteiger partial charge in [0.2, 0.25) is 0 Å². The Labute approximate surface area is 160 Å². The number of nitrogens with one attached hydrogen (secondary N) is 1. The number of ether oxygens (including phenoxy) is 1. The Balaban J connectivity index is 1.68. The Morgan fingerprint density at radius 2 is 1.85 bits per heavy atom. The van der Waals surface area contributed by atoms with Crippen LogP contribution >= 0.6 is 11.3 Å². The number of hydrogen-bond donors (Lipinski definition) is 2. The number of aryl methyl sites for hydroxylation is 2. The predicted molar refractivity (Wildman–Crippen MR) is 105 cm³/mol. The zero-order chi connectivity index (χ0) is 19.4. The third-order valence-corrected chi connectivity index (χ3v) is 4.76. The first-order chi connectivity index (χ1) is 12.9. The van der Waals surface area contributed by atoms with E-state index in [1.165, 1.54) is 11.3 Å². The summed E-state index contributed by atoms with van der Waals surface area (Å²) in [6.45, 7) is 3.59.